The van der Waals surface area contributed by atoms with Crippen LogP contribution in [-0.4, -0.2) is 43.0 Å². The first-order valence-electron chi connectivity index (χ1n) is 7.13. The molecule has 1 aromatic carbocycles. The van der Waals surface area contributed by atoms with Crippen LogP contribution in [0.3, 0.4) is 0 Å². The first-order chi connectivity index (χ1) is 10.0. The number of benzene rings is 1. The molecule has 0 saturated heterocycles. The van der Waals surface area contributed by atoms with Gasteiger partial charge in [0.25, 0.3) is 0 Å². The SMILES string of the molecule is CCCN(CC(=O)N(C)C)c1ccc2ncccc2c1N. The van der Waals surface area contributed by atoms with Crippen LogP contribution in [0, 0.1) is 0 Å². The van der Waals surface area contributed by atoms with Crippen molar-refractivity contribution >= 4 is 28.2 Å². The lowest BCUT2D eigenvalue weighted by molar-refractivity contribution is -0.127. The zero-order valence-electron chi connectivity index (χ0n) is 12.8. The number of anilines is 2. The highest BCUT2D eigenvalue weighted by Gasteiger charge is 2.16. The van der Waals surface area contributed by atoms with E-state index in [2.05, 4.69) is 11.9 Å². The molecule has 0 aliphatic carbocycles. The summed E-state index contributed by atoms with van der Waals surface area (Å²) in [5, 5.41) is 0.924. The fourth-order valence-electron chi connectivity index (χ4n) is 2.30. The summed E-state index contributed by atoms with van der Waals surface area (Å²) in [6.45, 7) is 3.21. The standard InChI is InChI=1S/C16H22N4O/c1-4-10-20(11-15(21)19(2)3)14-8-7-13-12(16(14)17)6-5-9-18-13/h5-9H,4,10-11,17H2,1-3H3. The number of nitrogen functional groups attached to an aromatic ring is 1. The monoisotopic (exact) mass is 286 g/mol. The van der Waals surface area contributed by atoms with E-state index in [1.165, 1.54) is 0 Å². The van der Waals surface area contributed by atoms with E-state index in [0.717, 1.165) is 29.6 Å². The van der Waals surface area contributed by atoms with Crippen LogP contribution in [0.2, 0.25) is 0 Å². The minimum absolute atomic E-state index is 0.0640. The van der Waals surface area contributed by atoms with Gasteiger partial charge in [0.1, 0.15) is 0 Å². The molecule has 5 nitrogen and oxygen atoms in total. The van der Waals surface area contributed by atoms with Crippen LogP contribution in [0.1, 0.15) is 13.3 Å². The van der Waals surface area contributed by atoms with Crippen molar-refractivity contribution in [2.75, 3.05) is 37.8 Å². The smallest absolute Gasteiger partial charge is 0.241 e. The molecule has 0 bridgehead atoms. The number of pyridine rings is 1. The molecular weight excluding hydrogens is 264 g/mol. The molecular formula is C16H22N4O. The van der Waals surface area contributed by atoms with E-state index in [-0.39, 0.29) is 5.91 Å². The largest absolute Gasteiger partial charge is 0.396 e. The molecule has 0 atom stereocenters. The average molecular weight is 286 g/mol. The Hall–Kier alpha value is -2.30. The highest BCUT2D eigenvalue weighted by Crippen LogP contribution is 2.30. The van der Waals surface area contributed by atoms with Crippen molar-refractivity contribution < 1.29 is 4.79 Å². The van der Waals surface area contributed by atoms with Gasteiger partial charge in [-0.2, -0.15) is 0 Å². The Bertz CT molecular complexity index is 639. The molecule has 1 aromatic heterocycles. The van der Waals surface area contributed by atoms with Crippen molar-refractivity contribution in [2.24, 2.45) is 0 Å². The van der Waals surface area contributed by atoms with E-state index in [9.17, 15) is 4.79 Å². The number of carbonyl (C=O) groups is 1. The second-order valence-electron chi connectivity index (χ2n) is 5.28. The van der Waals surface area contributed by atoms with Crippen LogP contribution in [0.15, 0.2) is 30.5 Å². The molecule has 0 unspecified atom stereocenters. The summed E-state index contributed by atoms with van der Waals surface area (Å²) in [5.74, 6) is 0.0640. The molecule has 2 aromatic rings. The van der Waals surface area contributed by atoms with E-state index >= 15 is 0 Å². The molecule has 1 amide bonds. The van der Waals surface area contributed by atoms with E-state index in [1.807, 2.05) is 29.2 Å². The summed E-state index contributed by atoms with van der Waals surface area (Å²) in [5.41, 5.74) is 8.74. The molecule has 0 aliphatic rings. The van der Waals surface area contributed by atoms with Crippen molar-refractivity contribution in [3.63, 3.8) is 0 Å². The molecule has 112 valence electrons. The van der Waals surface area contributed by atoms with Crippen LogP contribution in [0.25, 0.3) is 10.9 Å². The summed E-state index contributed by atoms with van der Waals surface area (Å²) in [7, 11) is 3.53. The minimum atomic E-state index is 0.0640. The molecule has 0 radical (unpaired) electrons. The Morgan fingerprint density at radius 2 is 2.05 bits per heavy atom. The number of nitrogens with zero attached hydrogens (tertiary/aromatic N) is 3. The van der Waals surface area contributed by atoms with Crippen molar-refractivity contribution in [3.8, 4) is 0 Å². The second kappa shape index (κ2) is 6.43. The Morgan fingerprint density at radius 1 is 1.29 bits per heavy atom. The molecule has 0 saturated carbocycles. The minimum Gasteiger partial charge on any atom is -0.396 e. The Morgan fingerprint density at radius 3 is 2.71 bits per heavy atom. The maximum absolute atomic E-state index is 12.0. The van der Waals surface area contributed by atoms with Crippen molar-refractivity contribution in [1.82, 2.24) is 9.88 Å². The molecule has 21 heavy (non-hydrogen) atoms. The molecule has 1 heterocycles. The number of hydrogen-bond donors (Lipinski definition) is 1. The highest BCUT2D eigenvalue weighted by atomic mass is 16.2. The maximum Gasteiger partial charge on any atom is 0.241 e. The lowest BCUT2D eigenvalue weighted by Crippen LogP contribution is -2.37. The van der Waals surface area contributed by atoms with Gasteiger partial charge in [-0.05, 0) is 30.7 Å². The third-order valence-electron chi connectivity index (χ3n) is 3.46. The summed E-state index contributed by atoms with van der Waals surface area (Å²) >= 11 is 0. The second-order valence-corrected chi connectivity index (χ2v) is 5.28. The quantitative estimate of drug-likeness (QED) is 0.855. The van der Waals surface area contributed by atoms with E-state index in [4.69, 9.17) is 5.73 Å². The third kappa shape index (κ3) is 3.24. The Labute approximate surface area is 125 Å². The van der Waals surface area contributed by atoms with Gasteiger partial charge in [-0.25, -0.2) is 0 Å². The zero-order valence-corrected chi connectivity index (χ0v) is 12.8. The van der Waals surface area contributed by atoms with Gasteiger partial charge in [0.15, 0.2) is 0 Å². The Balaban J connectivity index is 2.40. The van der Waals surface area contributed by atoms with Gasteiger partial charge in [-0.15, -0.1) is 0 Å². The molecule has 5 heteroatoms. The predicted octanol–water partition coefficient (Wildman–Crippen LogP) is 2.12. The topological polar surface area (TPSA) is 62.5 Å². The van der Waals surface area contributed by atoms with Gasteiger partial charge in [-0.3, -0.25) is 9.78 Å². The molecule has 2 N–H and O–H groups in total. The normalized spacial score (nSPS) is 10.6. The third-order valence-corrected chi connectivity index (χ3v) is 3.46. The average Bonchev–Trinajstić information content (AvgIpc) is 2.47. The molecule has 0 spiro atoms. The predicted molar refractivity (Wildman–Crippen MR) is 87.4 cm³/mol. The van der Waals surface area contributed by atoms with Crippen LogP contribution in [-0.2, 0) is 4.79 Å². The lowest BCUT2D eigenvalue weighted by Gasteiger charge is -2.27. The van der Waals surface area contributed by atoms with Gasteiger partial charge in [0, 0.05) is 32.2 Å². The molecule has 0 fully saturated rings. The lowest BCUT2D eigenvalue weighted by atomic mass is 10.1. The van der Waals surface area contributed by atoms with Gasteiger partial charge in [0.05, 0.1) is 23.4 Å². The van der Waals surface area contributed by atoms with Crippen LogP contribution in [0.4, 0.5) is 11.4 Å². The number of aromatic nitrogens is 1. The van der Waals surface area contributed by atoms with Gasteiger partial charge in [-0.1, -0.05) is 6.92 Å². The van der Waals surface area contributed by atoms with Crippen molar-refractivity contribution in [3.05, 3.63) is 30.5 Å². The fourth-order valence-corrected chi connectivity index (χ4v) is 2.30. The molecule has 2 rings (SSSR count). The highest BCUT2D eigenvalue weighted by molar-refractivity contribution is 5.98. The van der Waals surface area contributed by atoms with Crippen LogP contribution >= 0.6 is 0 Å². The Kier molecular flexibility index (Phi) is 4.62. The molecule has 0 aliphatic heterocycles. The van der Waals surface area contributed by atoms with Crippen molar-refractivity contribution in [2.45, 2.75) is 13.3 Å². The maximum atomic E-state index is 12.0. The number of amides is 1. The first-order valence-corrected chi connectivity index (χ1v) is 7.13. The summed E-state index contributed by atoms with van der Waals surface area (Å²) in [4.78, 5) is 19.9. The van der Waals surface area contributed by atoms with E-state index in [1.54, 1.807) is 25.2 Å². The summed E-state index contributed by atoms with van der Waals surface area (Å²) in [6.07, 6.45) is 2.70. The van der Waals surface area contributed by atoms with Gasteiger partial charge < -0.3 is 15.5 Å². The van der Waals surface area contributed by atoms with Crippen molar-refractivity contribution in [1.29, 1.82) is 0 Å². The summed E-state index contributed by atoms with van der Waals surface area (Å²) < 4.78 is 0. The number of nitrogens with two attached hydrogens (primary N) is 1. The van der Waals surface area contributed by atoms with Gasteiger partial charge >= 0.3 is 0 Å². The number of likely N-dealkylation sites (N-methyl/N-ethyl adjacent to an activating group) is 1. The van der Waals surface area contributed by atoms with Crippen LogP contribution < -0.4 is 10.6 Å². The zero-order chi connectivity index (χ0) is 15.4. The van der Waals surface area contributed by atoms with Gasteiger partial charge in [0.2, 0.25) is 5.91 Å². The number of hydrogen-bond acceptors (Lipinski definition) is 4. The summed E-state index contributed by atoms with van der Waals surface area (Å²) in [6, 6.07) is 7.73. The van der Waals surface area contributed by atoms with Crippen LogP contribution in [0.5, 0.6) is 0 Å². The first kappa shape index (κ1) is 15.1. The van der Waals surface area contributed by atoms with E-state index in [0.29, 0.717) is 12.2 Å². The van der Waals surface area contributed by atoms with E-state index < -0.39 is 0 Å². The fraction of sp³-hybridized carbons (Fsp3) is 0.375. The number of fused-ring (bicyclic) bond motifs is 1. The number of rotatable bonds is 5. The number of carbonyl (C=O) groups excluding carboxylic acids is 1.